The van der Waals surface area contributed by atoms with Crippen molar-refractivity contribution >= 4 is 27.5 Å². The zero-order valence-electron chi connectivity index (χ0n) is 10.8. The molecule has 0 aliphatic heterocycles. The van der Waals surface area contributed by atoms with Crippen molar-refractivity contribution in [3.8, 4) is 5.75 Å². The van der Waals surface area contributed by atoms with Crippen LogP contribution >= 0.6 is 15.9 Å². The highest BCUT2D eigenvalue weighted by Crippen LogP contribution is 2.25. The number of rotatable bonds is 3. The van der Waals surface area contributed by atoms with Gasteiger partial charge >= 0.3 is 0 Å². The highest BCUT2D eigenvalue weighted by molar-refractivity contribution is 9.10. The Morgan fingerprint density at radius 1 is 1.30 bits per heavy atom. The highest BCUT2D eigenvalue weighted by Gasteiger charge is 2.19. The first-order valence-electron chi connectivity index (χ1n) is 6.09. The SMILES string of the molecule is CCN(C(=O)c1ccc(F)cc1Br)c1cccc(O)c1. The summed E-state index contributed by atoms with van der Waals surface area (Å²) < 4.78 is 13.5. The van der Waals surface area contributed by atoms with Gasteiger partial charge in [-0.15, -0.1) is 0 Å². The van der Waals surface area contributed by atoms with Gasteiger partial charge in [0, 0.05) is 22.8 Å². The first kappa shape index (κ1) is 14.5. The number of halogens is 2. The van der Waals surface area contributed by atoms with E-state index >= 15 is 0 Å². The van der Waals surface area contributed by atoms with Crippen LogP contribution in [0, 0.1) is 5.82 Å². The van der Waals surface area contributed by atoms with Crippen molar-refractivity contribution < 1.29 is 14.3 Å². The van der Waals surface area contributed by atoms with Crippen molar-refractivity contribution in [1.29, 1.82) is 0 Å². The first-order chi connectivity index (χ1) is 9.52. The van der Waals surface area contributed by atoms with Crippen molar-refractivity contribution in [2.45, 2.75) is 6.92 Å². The van der Waals surface area contributed by atoms with Crippen molar-refractivity contribution in [1.82, 2.24) is 0 Å². The summed E-state index contributed by atoms with van der Waals surface area (Å²) in [5, 5.41) is 9.50. The third kappa shape index (κ3) is 2.99. The fourth-order valence-electron chi connectivity index (χ4n) is 1.91. The van der Waals surface area contributed by atoms with Gasteiger partial charge in [-0.05, 0) is 53.2 Å². The molecule has 104 valence electrons. The van der Waals surface area contributed by atoms with Crippen LogP contribution in [0.2, 0.25) is 0 Å². The third-order valence-electron chi connectivity index (χ3n) is 2.86. The van der Waals surface area contributed by atoms with E-state index in [2.05, 4.69) is 15.9 Å². The van der Waals surface area contributed by atoms with Gasteiger partial charge < -0.3 is 10.0 Å². The van der Waals surface area contributed by atoms with Gasteiger partial charge in [-0.25, -0.2) is 4.39 Å². The third-order valence-corrected chi connectivity index (χ3v) is 3.52. The smallest absolute Gasteiger partial charge is 0.259 e. The zero-order valence-corrected chi connectivity index (χ0v) is 12.4. The normalized spacial score (nSPS) is 10.3. The van der Waals surface area contributed by atoms with Gasteiger partial charge in [0.25, 0.3) is 5.91 Å². The second-order valence-corrected chi connectivity index (χ2v) is 5.05. The molecule has 0 aliphatic carbocycles. The summed E-state index contributed by atoms with van der Waals surface area (Å²) in [6.07, 6.45) is 0. The van der Waals surface area contributed by atoms with E-state index in [1.807, 2.05) is 6.92 Å². The second kappa shape index (κ2) is 6.05. The molecule has 2 aromatic rings. The molecule has 0 bridgehead atoms. The number of nitrogens with zero attached hydrogens (tertiary/aromatic N) is 1. The number of phenolic OH excluding ortho intramolecular Hbond substituents is 1. The molecule has 1 amide bonds. The Kier molecular flexibility index (Phi) is 4.39. The minimum atomic E-state index is -0.408. The Morgan fingerprint density at radius 3 is 2.65 bits per heavy atom. The lowest BCUT2D eigenvalue weighted by atomic mass is 10.1. The Hall–Kier alpha value is -1.88. The number of phenols is 1. The van der Waals surface area contributed by atoms with Gasteiger partial charge in [0.1, 0.15) is 11.6 Å². The lowest BCUT2D eigenvalue weighted by Crippen LogP contribution is -2.30. The van der Waals surface area contributed by atoms with Crippen LogP contribution < -0.4 is 4.90 Å². The number of aromatic hydroxyl groups is 1. The molecule has 3 nitrogen and oxygen atoms in total. The maximum atomic E-state index is 13.1. The monoisotopic (exact) mass is 337 g/mol. The van der Waals surface area contributed by atoms with E-state index in [9.17, 15) is 14.3 Å². The van der Waals surface area contributed by atoms with E-state index in [4.69, 9.17) is 0 Å². The first-order valence-corrected chi connectivity index (χ1v) is 6.88. The predicted molar refractivity (Wildman–Crippen MR) is 79.6 cm³/mol. The summed E-state index contributed by atoms with van der Waals surface area (Å²) in [5.41, 5.74) is 0.963. The number of anilines is 1. The summed E-state index contributed by atoms with van der Waals surface area (Å²) in [7, 11) is 0. The Labute approximate surface area is 124 Å². The standard InChI is InChI=1S/C15H13BrFNO2/c1-2-18(11-4-3-5-12(19)9-11)15(20)13-7-6-10(17)8-14(13)16/h3-9,19H,2H2,1H3. The molecule has 0 spiro atoms. The van der Waals surface area contributed by atoms with Crippen LogP contribution in [-0.4, -0.2) is 17.6 Å². The molecule has 0 atom stereocenters. The Balaban J connectivity index is 2.39. The number of carbonyl (C=O) groups excluding carboxylic acids is 1. The zero-order chi connectivity index (χ0) is 14.7. The number of benzene rings is 2. The molecule has 5 heteroatoms. The molecule has 2 rings (SSSR count). The number of hydrogen-bond donors (Lipinski definition) is 1. The quantitative estimate of drug-likeness (QED) is 0.920. The number of amides is 1. The summed E-state index contributed by atoms with van der Waals surface area (Å²) in [5.74, 6) is -0.578. The van der Waals surface area contributed by atoms with Crippen LogP contribution in [0.15, 0.2) is 46.9 Å². The maximum absolute atomic E-state index is 13.1. The van der Waals surface area contributed by atoms with Crippen molar-refractivity contribution in [2.75, 3.05) is 11.4 Å². The van der Waals surface area contributed by atoms with E-state index in [0.717, 1.165) is 0 Å². The van der Waals surface area contributed by atoms with E-state index in [-0.39, 0.29) is 11.7 Å². The van der Waals surface area contributed by atoms with Crippen molar-refractivity contribution in [2.24, 2.45) is 0 Å². The Bertz CT molecular complexity index is 646. The summed E-state index contributed by atoms with van der Waals surface area (Å²) in [6, 6.07) is 10.4. The maximum Gasteiger partial charge on any atom is 0.259 e. The molecule has 0 saturated heterocycles. The van der Waals surface area contributed by atoms with Crippen LogP contribution in [0.3, 0.4) is 0 Å². The van der Waals surface area contributed by atoms with Gasteiger partial charge in [-0.1, -0.05) is 6.07 Å². The van der Waals surface area contributed by atoms with Gasteiger partial charge in [0.05, 0.1) is 5.56 Å². The number of hydrogen-bond acceptors (Lipinski definition) is 2. The van der Waals surface area contributed by atoms with E-state index in [0.29, 0.717) is 22.3 Å². The second-order valence-electron chi connectivity index (χ2n) is 4.19. The average Bonchev–Trinajstić information content (AvgIpc) is 2.39. The molecule has 0 aliphatic rings. The van der Waals surface area contributed by atoms with Gasteiger partial charge in [-0.3, -0.25) is 4.79 Å². The van der Waals surface area contributed by atoms with Gasteiger partial charge in [-0.2, -0.15) is 0 Å². The van der Waals surface area contributed by atoms with E-state index in [1.54, 1.807) is 12.1 Å². The van der Waals surface area contributed by atoms with E-state index < -0.39 is 5.82 Å². The minimum Gasteiger partial charge on any atom is -0.508 e. The Morgan fingerprint density at radius 2 is 2.05 bits per heavy atom. The highest BCUT2D eigenvalue weighted by atomic mass is 79.9. The molecule has 0 saturated carbocycles. The summed E-state index contributed by atoms with van der Waals surface area (Å²) in [6.45, 7) is 2.27. The van der Waals surface area contributed by atoms with Crippen molar-refractivity contribution in [3.63, 3.8) is 0 Å². The molecule has 1 N–H and O–H groups in total. The lowest BCUT2D eigenvalue weighted by Gasteiger charge is -2.21. The molecule has 0 aromatic heterocycles. The molecule has 0 heterocycles. The summed E-state index contributed by atoms with van der Waals surface area (Å²) in [4.78, 5) is 14.0. The molecular formula is C15H13BrFNO2. The van der Waals surface area contributed by atoms with Crippen LogP contribution in [-0.2, 0) is 0 Å². The molecule has 0 fully saturated rings. The number of carbonyl (C=O) groups is 1. The lowest BCUT2D eigenvalue weighted by molar-refractivity contribution is 0.0987. The topological polar surface area (TPSA) is 40.5 Å². The van der Waals surface area contributed by atoms with Crippen LogP contribution in [0.25, 0.3) is 0 Å². The molecular weight excluding hydrogens is 325 g/mol. The van der Waals surface area contributed by atoms with Crippen LogP contribution in [0.4, 0.5) is 10.1 Å². The predicted octanol–water partition coefficient (Wildman–Crippen LogP) is 3.96. The largest absolute Gasteiger partial charge is 0.508 e. The fraction of sp³-hybridized carbons (Fsp3) is 0.133. The van der Waals surface area contributed by atoms with Gasteiger partial charge in [0.2, 0.25) is 0 Å². The van der Waals surface area contributed by atoms with Crippen LogP contribution in [0.5, 0.6) is 5.75 Å². The summed E-state index contributed by atoms with van der Waals surface area (Å²) >= 11 is 3.20. The molecule has 0 unspecified atom stereocenters. The minimum absolute atomic E-state index is 0.0897. The average molecular weight is 338 g/mol. The molecule has 0 radical (unpaired) electrons. The van der Waals surface area contributed by atoms with Crippen molar-refractivity contribution in [3.05, 3.63) is 58.3 Å². The van der Waals surface area contributed by atoms with Gasteiger partial charge in [0.15, 0.2) is 0 Å². The molecule has 2 aromatic carbocycles. The molecule has 20 heavy (non-hydrogen) atoms. The van der Waals surface area contributed by atoms with Crippen LogP contribution in [0.1, 0.15) is 17.3 Å². The van der Waals surface area contributed by atoms with E-state index in [1.165, 1.54) is 35.2 Å². The fourth-order valence-corrected chi connectivity index (χ4v) is 2.43.